The summed E-state index contributed by atoms with van der Waals surface area (Å²) in [4.78, 5) is 2.05. The maximum Gasteiger partial charge on any atom is 0.208 e. The van der Waals surface area contributed by atoms with Crippen molar-refractivity contribution in [3.8, 4) is 10.6 Å². The molecule has 2 aromatic rings. The van der Waals surface area contributed by atoms with Crippen LogP contribution in [-0.2, 0) is 0 Å². The highest BCUT2D eigenvalue weighted by Crippen LogP contribution is 2.34. The van der Waals surface area contributed by atoms with E-state index in [-0.39, 0.29) is 18.5 Å². The normalized spacial score (nSPS) is 18.8. The van der Waals surface area contributed by atoms with Gasteiger partial charge in [-0.2, -0.15) is 0 Å². The van der Waals surface area contributed by atoms with Gasteiger partial charge in [0.15, 0.2) is 5.01 Å². The van der Waals surface area contributed by atoms with Gasteiger partial charge < -0.3 is 10.0 Å². The molecule has 1 unspecified atom stereocenters. The molecule has 0 amide bonds. The molecule has 0 aliphatic carbocycles. The molecule has 1 atom stereocenters. The lowest BCUT2D eigenvalue weighted by atomic mass is 10.2. The number of rotatable bonds is 3. The van der Waals surface area contributed by atoms with Crippen molar-refractivity contribution >= 4 is 32.4 Å². The van der Waals surface area contributed by atoms with Gasteiger partial charge in [0, 0.05) is 16.6 Å². The molecule has 1 aliphatic rings. The molecular weight excluding hydrogens is 345 g/mol. The van der Waals surface area contributed by atoms with Crippen molar-refractivity contribution in [2.24, 2.45) is 0 Å². The zero-order valence-electron chi connectivity index (χ0n) is 10.6. The first-order valence-corrected chi connectivity index (χ1v) is 7.96. The summed E-state index contributed by atoms with van der Waals surface area (Å²) in [6, 6.07) is 4.87. The largest absolute Gasteiger partial charge is 0.394 e. The monoisotopic (exact) mass is 357 g/mol. The van der Waals surface area contributed by atoms with Crippen LogP contribution in [0.1, 0.15) is 12.8 Å². The summed E-state index contributed by atoms with van der Waals surface area (Å²) in [5, 5.41) is 18.9. The topological polar surface area (TPSA) is 49.2 Å². The van der Waals surface area contributed by atoms with Gasteiger partial charge in [-0.05, 0) is 31.0 Å². The summed E-state index contributed by atoms with van der Waals surface area (Å²) in [7, 11) is 0. The van der Waals surface area contributed by atoms with Crippen LogP contribution in [0.4, 0.5) is 9.52 Å². The van der Waals surface area contributed by atoms with E-state index in [1.54, 1.807) is 12.1 Å². The van der Waals surface area contributed by atoms with E-state index in [9.17, 15) is 9.50 Å². The standard InChI is InChI=1S/C13H13BrFN3OS/c14-8-3-4-11(15)10(6-8)12-16-17-13(20-12)18-5-1-2-9(18)7-19/h3-4,6,9,19H,1-2,5,7H2. The van der Waals surface area contributed by atoms with Crippen LogP contribution in [0.5, 0.6) is 0 Å². The van der Waals surface area contributed by atoms with Gasteiger partial charge in [0.2, 0.25) is 5.13 Å². The van der Waals surface area contributed by atoms with Gasteiger partial charge >= 0.3 is 0 Å². The van der Waals surface area contributed by atoms with E-state index in [0.29, 0.717) is 10.6 Å². The highest BCUT2D eigenvalue weighted by Gasteiger charge is 2.27. The maximum atomic E-state index is 13.8. The van der Waals surface area contributed by atoms with Crippen LogP contribution in [0, 0.1) is 5.82 Å². The van der Waals surface area contributed by atoms with Crippen molar-refractivity contribution < 1.29 is 9.50 Å². The molecule has 1 aliphatic heterocycles. The van der Waals surface area contributed by atoms with Crippen LogP contribution >= 0.6 is 27.3 Å². The van der Waals surface area contributed by atoms with E-state index in [1.165, 1.54) is 17.4 Å². The van der Waals surface area contributed by atoms with Gasteiger partial charge in [0.25, 0.3) is 0 Å². The highest BCUT2D eigenvalue weighted by molar-refractivity contribution is 9.10. The average Bonchev–Trinajstić information content (AvgIpc) is 3.08. The van der Waals surface area contributed by atoms with E-state index in [2.05, 4.69) is 31.0 Å². The van der Waals surface area contributed by atoms with E-state index < -0.39 is 0 Å². The number of hydrogen-bond donors (Lipinski definition) is 1. The van der Waals surface area contributed by atoms with E-state index in [4.69, 9.17) is 0 Å². The fourth-order valence-corrected chi connectivity index (χ4v) is 3.70. The summed E-state index contributed by atoms with van der Waals surface area (Å²) in [6.45, 7) is 0.973. The summed E-state index contributed by atoms with van der Waals surface area (Å²) in [5.41, 5.74) is 0.447. The van der Waals surface area contributed by atoms with Gasteiger partial charge in [-0.3, -0.25) is 0 Å². The van der Waals surface area contributed by atoms with E-state index >= 15 is 0 Å². The number of aliphatic hydroxyl groups is 1. The molecular formula is C13H13BrFN3OS. The van der Waals surface area contributed by atoms with E-state index in [1.807, 2.05) is 0 Å². The quantitative estimate of drug-likeness (QED) is 0.916. The second-order valence-corrected chi connectivity index (χ2v) is 6.56. The molecule has 1 fully saturated rings. The van der Waals surface area contributed by atoms with Crippen molar-refractivity contribution in [2.45, 2.75) is 18.9 Å². The third kappa shape index (κ3) is 2.57. The molecule has 0 radical (unpaired) electrons. The first kappa shape index (κ1) is 13.9. The summed E-state index contributed by atoms with van der Waals surface area (Å²) < 4.78 is 14.7. The number of aromatic nitrogens is 2. The number of halogens is 2. The molecule has 1 aromatic heterocycles. The van der Waals surface area contributed by atoms with Crippen molar-refractivity contribution in [1.29, 1.82) is 0 Å². The number of benzene rings is 1. The Balaban J connectivity index is 1.92. The lowest BCUT2D eigenvalue weighted by Crippen LogP contribution is -2.31. The Labute approximate surface area is 128 Å². The zero-order valence-corrected chi connectivity index (χ0v) is 13.0. The second kappa shape index (κ2) is 5.75. The molecule has 0 spiro atoms. The molecule has 7 heteroatoms. The predicted octanol–water partition coefficient (Wildman–Crippen LogP) is 3.07. The molecule has 0 saturated carbocycles. The Morgan fingerprint density at radius 3 is 3.10 bits per heavy atom. The van der Waals surface area contributed by atoms with Gasteiger partial charge in [0.05, 0.1) is 12.6 Å². The Morgan fingerprint density at radius 1 is 1.45 bits per heavy atom. The zero-order chi connectivity index (χ0) is 14.1. The van der Waals surface area contributed by atoms with Crippen molar-refractivity contribution in [3.05, 3.63) is 28.5 Å². The third-order valence-electron chi connectivity index (χ3n) is 3.41. The number of aliphatic hydroxyl groups excluding tert-OH is 1. The fourth-order valence-electron chi connectivity index (χ4n) is 2.38. The van der Waals surface area contributed by atoms with Gasteiger partial charge in [0.1, 0.15) is 5.82 Å². The lowest BCUT2D eigenvalue weighted by Gasteiger charge is -2.20. The number of hydrogen-bond acceptors (Lipinski definition) is 5. The van der Waals surface area contributed by atoms with Crippen molar-refractivity contribution in [1.82, 2.24) is 10.2 Å². The first-order valence-electron chi connectivity index (χ1n) is 6.35. The molecule has 1 saturated heterocycles. The predicted molar refractivity (Wildman–Crippen MR) is 80.5 cm³/mol. The number of nitrogens with zero attached hydrogens (tertiary/aromatic N) is 3. The molecule has 0 bridgehead atoms. The van der Waals surface area contributed by atoms with E-state index in [0.717, 1.165) is 29.0 Å². The van der Waals surface area contributed by atoms with Crippen molar-refractivity contribution in [2.75, 3.05) is 18.1 Å². The van der Waals surface area contributed by atoms with Crippen molar-refractivity contribution in [3.63, 3.8) is 0 Å². The average molecular weight is 358 g/mol. The van der Waals surface area contributed by atoms with Gasteiger partial charge in [-0.15, -0.1) is 10.2 Å². The summed E-state index contributed by atoms with van der Waals surface area (Å²) >= 11 is 4.69. The summed E-state index contributed by atoms with van der Waals surface area (Å²) in [6.07, 6.45) is 1.99. The lowest BCUT2D eigenvalue weighted by molar-refractivity contribution is 0.266. The van der Waals surface area contributed by atoms with Crippen LogP contribution in [0.3, 0.4) is 0 Å². The molecule has 1 N–H and O–H groups in total. The molecule has 3 rings (SSSR count). The maximum absolute atomic E-state index is 13.8. The van der Waals surface area contributed by atoms with Gasteiger partial charge in [-0.1, -0.05) is 27.3 Å². The molecule has 106 valence electrons. The van der Waals surface area contributed by atoms with Crippen LogP contribution in [-0.4, -0.2) is 34.5 Å². The minimum absolute atomic E-state index is 0.100. The molecule has 20 heavy (non-hydrogen) atoms. The highest BCUT2D eigenvalue weighted by atomic mass is 79.9. The smallest absolute Gasteiger partial charge is 0.208 e. The Bertz CT molecular complexity index is 621. The Morgan fingerprint density at radius 2 is 2.30 bits per heavy atom. The summed E-state index contributed by atoms with van der Waals surface area (Å²) in [5.74, 6) is -0.309. The molecule has 4 nitrogen and oxygen atoms in total. The number of anilines is 1. The van der Waals surface area contributed by atoms with Crippen LogP contribution in [0.2, 0.25) is 0 Å². The Hall–Kier alpha value is -1.05. The Kier molecular flexibility index (Phi) is 4.00. The van der Waals surface area contributed by atoms with Crippen LogP contribution in [0.15, 0.2) is 22.7 Å². The minimum atomic E-state index is -0.309. The fraction of sp³-hybridized carbons (Fsp3) is 0.385. The minimum Gasteiger partial charge on any atom is -0.394 e. The van der Waals surface area contributed by atoms with Crippen LogP contribution in [0.25, 0.3) is 10.6 Å². The molecule has 2 heterocycles. The first-order chi connectivity index (χ1) is 9.69. The van der Waals surface area contributed by atoms with Crippen LogP contribution < -0.4 is 4.90 Å². The third-order valence-corrected chi connectivity index (χ3v) is 4.89. The molecule has 1 aromatic carbocycles. The van der Waals surface area contributed by atoms with Gasteiger partial charge in [-0.25, -0.2) is 4.39 Å². The second-order valence-electron chi connectivity index (χ2n) is 4.69. The SMILES string of the molecule is OCC1CCCN1c1nnc(-c2cc(Br)ccc2F)s1.